The van der Waals surface area contributed by atoms with E-state index >= 15 is 0 Å². The van der Waals surface area contributed by atoms with Gasteiger partial charge in [0.2, 0.25) is 10.0 Å². The Morgan fingerprint density at radius 2 is 1.87 bits per heavy atom. The number of rotatable bonds is 5. The fourth-order valence-electron chi connectivity index (χ4n) is 3.66. The fourth-order valence-corrected chi connectivity index (χ4v) is 5.84. The number of anilines is 1. The van der Waals surface area contributed by atoms with Crippen molar-refractivity contribution in [2.45, 2.75) is 38.5 Å². The number of carbonyl (C=O) groups is 1. The van der Waals surface area contributed by atoms with E-state index in [0.29, 0.717) is 29.7 Å². The average Bonchev–Trinajstić information content (AvgIpc) is 3.33. The quantitative estimate of drug-likeness (QED) is 0.597. The van der Waals surface area contributed by atoms with Crippen molar-refractivity contribution < 1.29 is 17.6 Å². The molecule has 31 heavy (non-hydrogen) atoms. The van der Waals surface area contributed by atoms with Gasteiger partial charge in [-0.3, -0.25) is 10.1 Å². The van der Waals surface area contributed by atoms with Crippen LogP contribution in [0.1, 0.15) is 41.6 Å². The predicted octanol–water partition coefficient (Wildman–Crippen LogP) is 4.69. The van der Waals surface area contributed by atoms with Crippen LogP contribution >= 0.6 is 11.3 Å². The van der Waals surface area contributed by atoms with E-state index in [0.717, 1.165) is 35.6 Å². The maximum Gasteiger partial charge on any atom is 0.257 e. The zero-order valence-corrected chi connectivity index (χ0v) is 19.3. The molecule has 7 nitrogen and oxygen atoms in total. The first kappa shape index (κ1) is 21.7. The van der Waals surface area contributed by atoms with Gasteiger partial charge in [0.05, 0.1) is 10.6 Å². The Hall–Kier alpha value is -2.49. The van der Waals surface area contributed by atoms with Crippen molar-refractivity contribution >= 4 is 32.4 Å². The molecule has 164 valence electrons. The van der Waals surface area contributed by atoms with Gasteiger partial charge in [0.1, 0.15) is 11.5 Å². The molecule has 1 N–H and O–H groups in total. The molecule has 9 heteroatoms. The predicted molar refractivity (Wildman–Crippen MR) is 121 cm³/mol. The number of aromatic nitrogens is 1. The van der Waals surface area contributed by atoms with Gasteiger partial charge in [0, 0.05) is 29.6 Å². The first-order chi connectivity index (χ1) is 14.7. The van der Waals surface area contributed by atoms with Crippen LogP contribution in [-0.2, 0) is 10.0 Å². The molecule has 1 amide bonds. The van der Waals surface area contributed by atoms with Crippen molar-refractivity contribution in [1.82, 2.24) is 9.29 Å². The second kappa shape index (κ2) is 8.57. The van der Waals surface area contributed by atoms with E-state index in [2.05, 4.69) is 17.2 Å². The molecule has 0 unspecified atom stereocenters. The lowest BCUT2D eigenvalue weighted by Crippen LogP contribution is -2.37. The molecule has 1 fully saturated rings. The third-order valence-corrected chi connectivity index (χ3v) is 8.21. The van der Waals surface area contributed by atoms with Crippen LogP contribution in [0.2, 0.25) is 0 Å². The largest absolute Gasteiger partial charge is 0.466 e. The molecule has 0 bridgehead atoms. The SMILES string of the molecule is Cc1cc(-c2csc(NC(=O)c3ccc(S(=O)(=O)N4CCC(C)CC4)cc3)n2)c(C)o1. The number of nitrogens with one attached hydrogen (secondary N) is 1. The van der Waals surface area contributed by atoms with Crippen molar-refractivity contribution in [3.63, 3.8) is 0 Å². The summed E-state index contributed by atoms with van der Waals surface area (Å²) in [7, 11) is -3.53. The summed E-state index contributed by atoms with van der Waals surface area (Å²) in [6, 6.07) is 7.97. The third kappa shape index (κ3) is 4.58. The Balaban J connectivity index is 1.45. The van der Waals surface area contributed by atoms with Gasteiger partial charge in [-0.05, 0) is 62.9 Å². The van der Waals surface area contributed by atoms with Crippen LogP contribution in [0.15, 0.2) is 45.0 Å². The fraction of sp³-hybridized carbons (Fsp3) is 0.364. The lowest BCUT2D eigenvalue weighted by molar-refractivity contribution is 0.102. The number of amides is 1. The van der Waals surface area contributed by atoms with Gasteiger partial charge >= 0.3 is 0 Å². The summed E-state index contributed by atoms with van der Waals surface area (Å²) in [5, 5.41) is 5.11. The maximum atomic E-state index is 12.8. The number of carbonyl (C=O) groups excluding carboxylic acids is 1. The van der Waals surface area contributed by atoms with E-state index in [1.807, 2.05) is 25.3 Å². The van der Waals surface area contributed by atoms with E-state index < -0.39 is 10.0 Å². The first-order valence-corrected chi connectivity index (χ1v) is 12.5. The van der Waals surface area contributed by atoms with Crippen molar-refractivity contribution in [2.24, 2.45) is 5.92 Å². The normalized spacial score (nSPS) is 15.8. The monoisotopic (exact) mass is 459 g/mol. The average molecular weight is 460 g/mol. The summed E-state index contributed by atoms with van der Waals surface area (Å²) < 4.78 is 32.8. The zero-order valence-electron chi connectivity index (χ0n) is 17.7. The molecule has 0 atom stereocenters. The van der Waals surface area contributed by atoms with E-state index in [1.165, 1.54) is 39.9 Å². The molecule has 4 rings (SSSR count). The minimum Gasteiger partial charge on any atom is -0.466 e. The van der Waals surface area contributed by atoms with Crippen LogP contribution in [0, 0.1) is 19.8 Å². The molecular weight excluding hydrogens is 434 g/mol. The number of piperidine rings is 1. The summed E-state index contributed by atoms with van der Waals surface area (Å²) in [6.45, 7) is 6.96. The van der Waals surface area contributed by atoms with Crippen LogP contribution < -0.4 is 5.32 Å². The number of hydrogen-bond acceptors (Lipinski definition) is 6. The molecule has 0 radical (unpaired) electrons. The molecular formula is C22H25N3O4S2. The standard InChI is InChI=1S/C22H25N3O4S2/c1-14-8-10-25(11-9-14)31(27,28)18-6-4-17(5-7-18)21(26)24-22-23-20(13-30-22)19-12-15(2)29-16(19)3/h4-7,12-14H,8-11H2,1-3H3,(H,23,24,26). The number of thiazole rings is 1. The van der Waals surface area contributed by atoms with Gasteiger partial charge in [-0.1, -0.05) is 6.92 Å². The van der Waals surface area contributed by atoms with E-state index in [4.69, 9.17) is 4.42 Å². The van der Waals surface area contributed by atoms with Crippen LogP contribution in [0.3, 0.4) is 0 Å². The highest BCUT2D eigenvalue weighted by atomic mass is 32.2. The van der Waals surface area contributed by atoms with Crippen LogP contribution in [0.25, 0.3) is 11.3 Å². The number of sulfonamides is 1. The van der Waals surface area contributed by atoms with Crippen molar-refractivity contribution in [1.29, 1.82) is 0 Å². The van der Waals surface area contributed by atoms with Gasteiger partial charge in [0.15, 0.2) is 5.13 Å². The number of nitrogens with zero attached hydrogens (tertiary/aromatic N) is 2. The zero-order chi connectivity index (χ0) is 22.2. The molecule has 0 saturated carbocycles. The highest BCUT2D eigenvalue weighted by molar-refractivity contribution is 7.89. The van der Waals surface area contributed by atoms with Crippen LogP contribution in [0.4, 0.5) is 5.13 Å². The van der Waals surface area contributed by atoms with Gasteiger partial charge in [-0.15, -0.1) is 11.3 Å². The number of aryl methyl sites for hydroxylation is 2. The summed E-state index contributed by atoms with van der Waals surface area (Å²) in [5.74, 6) is 1.79. The topological polar surface area (TPSA) is 92.5 Å². The molecule has 1 aromatic carbocycles. The minimum atomic E-state index is -3.53. The Labute approximate surface area is 186 Å². The van der Waals surface area contributed by atoms with Crippen LogP contribution in [0.5, 0.6) is 0 Å². The molecule has 1 saturated heterocycles. The molecule has 2 aromatic heterocycles. The van der Waals surface area contributed by atoms with Gasteiger partial charge in [-0.25, -0.2) is 13.4 Å². The number of furan rings is 1. The summed E-state index contributed by atoms with van der Waals surface area (Å²) in [4.78, 5) is 17.3. The van der Waals surface area contributed by atoms with E-state index in [9.17, 15) is 13.2 Å². The molecule has 0 aliphatic carbocycles. The Morgan fingerprint density at radius 1 is 1.19 bits per heavy atom. The Bertz CT molecular complexity index is 1190. The Kier molecular flexibility index (Phi) is 6.00. The van der Waals surface area contributed by atoms with Gasteiger partial charge in [-0.2, -0.15) is 4.31 Å². The highest BCUT2D eigenvalue weighted by Crippen LogP contribution is 2.30. The van der Waals surface area contributed by atoms with Crippen LogP contribution in [-0.4, -0.2) is 36.7 Å². The van der Waals surface area contributed by atoms with Gasteiger partial charge < -0.3 is 4.42 Å². The molecule has 0 spiro atoms. The lowest BCUT2D eigenvalue weighted by atomic mass is 10.0. The number of hydrogen-bond donors (Lipinski definition) is 1. The smallest absolute Gasteiger partial charge is 0.257 e. The summed E-state index contributed by atoms with van der Waals surface area (Å²) >= 11 is 1.32. The summed E-state index contributed by atoms with van der Waals surface area (Å²) in [6.07, 6.45) is 1.74. The van der Waals surface area contributed by atoms with Crippen molar-refractivity contribution in [2.75, 3.05) is 18.4 Å². The Morgan fingerprint density at radius 3 is 2.48 bits per heavy atom. The molecule has 3 aromatic rings. The lowest BCUT2D eigenvalue weighted by Gasteiger charge is -2.29. The highest BCUT2D eigenvalue weighted by Gasteiger charge is 2.28. The molecule has 3 heterocycles. The van der Waals surface area contributed by atoms with Crippen molar-refractivity contribution in [3.05, 3.63) is 52.8 Å². The maximum absolute atomic E-state index is 12.8. The van der Waals surface area contributed by atoms with E-state index in [1.54, 1.807) is 0 Å². The third-order valence-electron chi connectivity index (χ3n) is 5.54. The summed E-state index contributed by atoms with van der Waals surface area (Å²) in [5.41, 5.74) is 2.01. The number of benzene rings is 1. The molecule has 1 aliphatic heterocycles. The van der Waals surface area contributed by atoms with E-state index in [-0.39, 0.29) is 10.8 Å². The van der Waals surface area contributed by atoms with Gasteiger partial charge in [0.25, 0.3) is 5.91 Å². The molecule has 1 aliphatic rings. The van der Waals surface area contributed by atoms with Crippen molar-refractivity contribution in [3.8, 4) is 11.3 Å². The second-order valence-electron chi connectivity index (χ2n) is 7.93. The first-order valence-electron chi connectivity index (χ1n) is 10.2. The minimum absolute atomic E-state index is 0.209. The second-order valence-corrected chi connectivity index (χ2v) is 10.7.